The average molecular weight is 271 g/mol. The van der Waals surface area contributed by atoms with Gasteiger partial charge in [0.05, 0.1) is 5.75 Å². The van der Waals surface area contributed by atoms with Gasteiger partial charge in [0.1, 0.15) is 0 Å². The van der Waals surface area contributed by atoms with Crippen LogP contribution in [0.2, 0.25) is 0 Å². The van der Waals surface area contributed by atoms with Crippen molar-refractivity contribution >= 4 is 22.4 Å². The molecule has 4 nitrogen and oxygen atoms in total. The molecule has 1 aliphatic rings. The van der Waals surface area contributed by atoms with Gasteiger partial charge in [-0.15, -0.1) is 12.4 Å². The van der Waals surface area contributed by atoms with Crippen LogP contribution >= 0.6 is 12.4 Å². The summed E-state index contributed by atoms with van der Waals surface area (Å²) in [6.45, 7) is 6.29. The summed E-state index contributed by atoms with van der Waals surface area (Å²) in [6.07, 6.45) is 2.78. The molecule has 0 unspecified atom stereocenters. The minimum atomic E-state index is -3.02. The topological polar surface area (TPSA) is 49.4 Å². The Morgan fingerprint density at radius 1 is 1.25 bits per heavy atom. The zero-order valence-corrected chi connectivity index (χ0v) is 11.7. The van der Waals surface area contributed by atoms with Crippen molar-refractivity contribution in [3.05, 3.63) is 0 Å². The highest BCUT2D eigenvalue weighted by Gasteiger charge is 2.28. The van der Waals surface area contributed by atoms with E-state index in [1.165, 1.54) is 0 Å². The molecule has 16 heavy (non-hydrogen) atoms. The van der Waals surface area contributed by atoms with E-state index in [-0.39, 0.29) is 24.2 Å². The Kier molecular flexibility index (Phi) is 7.55. The highest BCUT2D eigenvalue weighted by Crippen LogP contribution is 2.16. The second-order valence-corrected chi connectivity index (χ2v) is 6.20. The molecule has 0 aromatic carbocycles. The first-order valence-electron chi connectivity index (χ1n) is 5.82. The van der Waals surface area contributed by atoms with Crippen LogP contribution in [0.1, 0.15) is 33.1 Å². The van der Waals surface area contributed by atoms with Gasteiger partial charge >= 0.3 is 0 Å². The Bertz CT molecular complexity index is 277. The maximum atomic E-state index is 11.9. The molecule has 1 saturated heterocycles. The summed E-state index contributed by atoms with van der Waals surface area (Å²) in [5.41, 5.74) is 0. The van der Waals surface area contributed by atoms with Crippen LogP contribution in [0.5, 0.6) is 0 Å². The van der Waals surface area contributed by atoms with Crippen molar-refractivity contribution in [3.8, 4) is 0 Å². The minimum Gasteiger partial charge on any atom is -0.317 e. The van der Waals surface area contributed by atoms with Crippen molar-refractivity contribution in [1.29, 1.82) is 0 Å². The lowest BCUT2D eigenvalue weighted by molar-refractivity contribution is 0.262. The van der Waals surface area contributed by atoms with Gasteiger partial charge in [-0.3, -0.25) is 0 Å². The summed E-state index contributed by atoms with van der Waals surface area (Å²) in [5.74, 6) is 0.219. The summed E-state index contributed by atoms with van der Waals surface area (Å²) in [7, 11) is -3.02. The number of sulfonamides is 1. The minimum absolute atomic E-state index is 0. The predicted octanol–water partition coefficient (Wildman–Crippen LogP) is 1.22. The molecule has 1 N–H and O–H groups in total. The number of halogens is 1. The number of rotatable bonds is 5. The molecule has 0 spiro atoms. The van der Waals surface area contributed by atoms with Gasteiger partial charge in [-0.05, 0) is 39.3 Å². The molecule has 0 radical (unpaired) electrons. The molecule has 0 bridgehead atoms. The van der Waals surface area contributed by atoms with Crippen LogP contribution in [-0.2, 0) is 10.0 Å². The smallest absolute Gasteiger partial charge is 0.214 e. The van der Waals surface area contributed by atoms with Crippen LogP contribution in [0.4, 0.5) is 0 Å². The first-order valence-corrected chi connectivity index (χ1v) is 7.43. The maximum absolute atomic E-state index is 11.9. The fourth-order valence-electron chi connectivity index (χ4n) is 2.03. The highest BCUT2D eigenvalue weighted by atomic mass is 35.5. The van der Waals surface area contributed by atoms with E-state index >= 15 is 0 Å². The quantitative estimate of drug-likeness (QED) is 0.817. The van der Waals surface area contributed by atoms with Gasteiger partial charge in [0.25, 0.3) is 0 Å². The van der Waals surface area contributed by atoms with E-state index in [0.717, 1.165) is 32.4 Å². The van der Waals surface area contributed by atoms with E-state index in [2.05, 4.69) is 5.32 Å². The monoisotopic (exact) mass is 270 g/mol. The van der Waals surface area contributed by atoms with Crippen molar-refractivity contribution in [3.63, 3.8) is 0 Å². The molecule has 0 amide bonds. The summed E-state index contributed by atoms with van der Waals surface area (Å²) in [4.78, 5) is 0. The number of nitrogens with zero attached hydrogens (tertiary/aromatic N) is 1. The molecular weight excluding hydrogens is 248 g/mol. The van der Waals surface area contributed by atoms with Crippen molar-refractivity contribution in [2.75, 3.05) is 25.4 Å². The largest absolute Gasteiger partial charge is 0.317 e. The van der Waals surface area contributed by atoms with E-state index in [9.17, 15) is 8.42 Å². The number of piperidine rings is 1. The van der Waals surface area contributed by atoms with Gasteiger partial charge in [0.15, 0.2) is 0 Å². The Labute approximate surface area is 105 Å². The predicted molar refractivity (Wildman–Crippen MR) is 69.6 cm³/mol. The van der Waals surface area contributed by atoms with Crippen molar-refractivity contribution in [1.82, 2.24) is 9.62 Å². The lowest BCUT2D eigenvalue weighted by atomic mass is 10.1. The van der Waals surface area contributed by atoms with Gasteiger partial charge < -0.3 is 5.32 Å². The third-order valence-corrected chi connectivity index (χ3v) is 4.81. The lowest BCUT2D eigenvalue weighted by Crippen LogP contribution is -2.46. The van der Waals surface area contributed by atoms with Crippen LogP contribution in [-0.4, -0.2) is 44.2 Å². The average Bonchev–Trinajstić information content (AvgIpc) is 2.27. The Hall–Kier alpha value is 0.160. The normalized spacial score (nSPS) is 18.4. The summed E-state index contributed by atoms with van der Waals surface area (Å²) < 4.78 is 25.5. The molecule has 1 fully saturated rings. The van der Waals surface area contributed by atoms with Crippen molar-refractivity contribution in [2.45, 2.75) is 39.2 Å². The van der Waals surface area contributed by atoms with Crippen molar-refractivity contribution in [2.24, 2.45) is 0 Å². The number of nitrogens with one attached hydrogen (secondary N) is 1. The highest BCUT2D eigenvalue weighted by molar-refractivity contribution is 7.89. The maximum Gasteiger partial charge on any atom is 0.214 e. The van der Waals surface area contributed by atoms with E-state index < -0.39 is 10.0 Å². The van der Waals surface area contributed by atoms with Gasteiger partial charge in [-0.1, -0.05) is 6.92 Å². The second-order valence-electron chi connectivity index (χ2n) is 3.99. The van der Waals surface area contributed by atoms with Gasteiger partial charge in [0.2, 0.25) is 10.0 Å². The lowest BCUT2D eigenvalue weighted by Gasteiger charge is -2.33. The number of hydrogen-bond donors (Lipinski definition) is 1. The molecule has 1 heterocycles. The van der Waals surface area contributed by atoms with Gasteiger partial charge in [-0.2, -0.15) is 4.31 Å². The summed E-state index contributed by atoms with van der Waals surface area (Å²) >= 11 is 0. The number of hydrogen-bond acceptors (Lipinski definition) is 3. The van der Waals surface area contributed by atoms with E-state index in [0.29, 0.717) is 6.54 Å². The van der Waals surface area contributed by atoms with Crippen molar-refractivity contribution < 1.29 is 8.42 Å². The SMILES string of the molecule is CCCN(C1CCNCC1)S(=O)(=O)CC.Cl. The Balaban J connectivity index is 0.00000225. The molecule has 0 saturated carbocycles. The molecule has 0 aromatic heterocycles. The third kappa shape index (κ3) is 4.20. The third-order valence-electron chi connectivity index (χ3n) is 2.88. The fourth-order valence-corrected chi connectivity index (χ4v) is 3.49. The molecule has 0 aliphatic carbocycles. The molecule has 1 rings (SSSR count). The summed E-state index contributed by atoms with van der Waals surface area (Å²) in [6, 6.07) is 0.219. The van der Waals surface area contributed by atoms with Crippen LogP contribution in [0.3, 0.4) is 0 Å². The molecular formula is C10H23ClN2O2S. The van der Waals surface area contributed by atoms with E-state index in [4.69, 9.17) is 0 Å². The molecule has 6 heteroatoms. The van der Waals surface area contributed by atoms with Crippen LogP contribution in [0.15, 0.2) is 0 Å². The molecule has 0 atom stereocenters. The Morgan fingerprint density at radius 3 is 2.25 bits per heavy atom. The van der Waals surface area contributed by atoms with Crippen LogP contribution in [0, 0.1) is 0 Å². The molecule has 1 aliphatic heterocycles. The second kappa shape index (κ2) is 7.48. The molecule has 98 valence electrons. The first kappa shape index (κ1) is 16.2. The Morgan fingerprint density at radius 2 is 1.81 bits per heavy atom. The zero-order chi connectivity index (χ0) is 11.3. The first-order chi connectivity index (χ1) is 7.11. The fraction of sp³-hybridized carbons (Fsp3) is 1.00. The van der Waals surface area contributed by atoms with E-state index in [1.807, 2.05) is 6.92 Å². The van der Waals surface area contributed by atoms with E-state index in [1.54, 1.807) is 11.2 Å². The van der Waals surface area contributed by atoms with Crippen LogP contribution < -0.4 is 5.32 Å². The van der Waals surface area contributed by atoms with Gasteiger partial charge in [0, 0.05) is 12.6 Å². The van der Waals surface area contributed by atoms with Gasteiger partial charge in [-0.25, -0.2) is 8.42 Å². The van der Waals surface area contributed by atoms with Crippen LogP contribution in [0.25, 0.3) is 0 Å². The molecule has 0 aromatic rings. The standard InChI is InChI=1S/C10H22N2O2S.ClH/c1-3-9-12(15(13,14)4-2)10-5-7-11-8-6-10;/h10-11H,3-9H2,1-2H3;1H. The zero-order valence-electron chi connectivity index (χ0n) is 10.1. The summed E-state index contributed by atoms with van der Waals surface area (Å²) in [5, 5.41) is 3.26.